The minimum atomic E-state index is 0.276. The molecule has 5 rings (SSSR count). The van der Waals surface area contributed by atoms with E-state index in [4.69, 9.17) is 4.74 Å². The number of amides is 1. The molecule has 3 aliphatic heterocycles. The van der Waals surface area contributed by atoms with Crippen molar-refractivity contribution in [3.05, 3.63) is 12.1 Å². The van der Waals surface area contributed by atoms with Crippen LogP contribution in [-0.4, -0.2) is 99.5 Å². The fourth-order valence-electron chi connectivity index (χ4n) is 4.77. The number of hydrogen-bond donors (Lipinski definition) is 0. The Morgan fingerprint density at radius 3 is 2.93 bits per heavy atom. The van der Waals surface area contributed by atoms with Crippen molar-refractivity contribution in [2.45, 2.75) is 25.3 Å². The largest absolute Gasteiger partial charge is 0.379 e. The number of likely N-dealkylation sites (tertiary alicyclic amines) is 1. The Balaban J connectivity index is 1.25. The second-order valence-electron chi connectivity index (χ2n) is 7.90. The molecule has 0 N–H and O–H groups in total. The van der Waals surface area contributed by atoms with E-state index in [9.17, 15) is 4.79 Å². The van der Waals surface area contributed by atoms with Crippen LogP contribution in [0.1, 0.15) is 19.3 Å². The summed E-state index contributed by atoms with van der Waals surface area (Å²) in [7, 11) is 0. The predicted molar refractivity (Wildman–Crippen MR) is 101 cm³/mol. The lowest BCUT2D eigenvalue weighted by Gasteiger charge is -2.48. The Labute approximate surface area is 163 Å². The van der Waals surface area contributed by atoms with Crippen LogP contribution in [0.5, 0.6) is 0 Å². The molecule has 0 bridgehead atoms. The average molecular weight is 386 g/mol. The van der Waals surface area contributed by atoms with Crippen molar-refractivity contribution >= 4 is 17.4 Å². The number of carbonyl (C=O) groups excluding carboxylic acids is 1. The number of tetrazole rings is 1. The molecule has 0 aliphatic carbocycles. The number of rotatable bonds is 3. The van der Waals surface area contributed by atoms with E-state index < -0.39 is 0 Å². The molecule has 0 aromatic carbocycles. The molecule has 0 saturated carbocycles. The molecule has 2 aromatic rings. The smallest absolute Gasteiger partial charge is 0.237 e. The van der Waals surface area contributed by atoms with Gasteiger partial charge in [0.25, 0.3) is 0 Å². The number of nitrogens with zero attached hydrogens (tertiary/aromatic N) is 8. The van der Waals surface area contributed by atoms with E-state index in [2.05, 4.69) is 35.3 Å². The molecule has 0 spiro atoms. The predicted octanol–water partition coefficient (Wildman–Crippen LogP) is -0.331. The maximum Gasteiger partial charge on any atom is 0.237 e. The van der Waals surface area contributed by atoms with Gasteiger partial charge >= 0.3 is 0 Å². The molecule has 2 unspecified atom stereocenters. The van der Waals surface area contributed by atoms with E-state index in [1.54, 1.807) is 0 Å². The van der Waals surface area contributed by atoms with Crippen LogP contribution in [0, 0.1) is 5.92 Å². The Bertz CT molecular complexity index is 836. The lowest BCUT2D eigenvalue weighted by molar-refractivity contribution is -0.139. The van der Waals surface area contributed by atoms with E-state index in [1.807, 2.05) is 12.1 Å². The summed E-state index contributed by atoms with van der Waals surface area (Å²) in [5, 5.41) is 16.0. The van der Waals surface area contributed by atoms with Gasteiger partial charge < -0.3 is 14.5 Å². The molecule has 10 nitrogen and oxygen atoms in total. The van der Waals surface area contributed by atoms with Crippen LogP contribution in [-0.2, 0) is 9.53 Å². The molecular formula is C18H26N8O2. The molecule has 3 aliphatic rings. The van der Waals surface area contributed by atoms with Crippen molar-refractivity contribution in [2.24, 2.45) is 5.92 Å². The zero-order chi connectivity index (χ0) is 18.9. The van der Waals surface area contributed by atoms with Crippen molar-refractivity contribution in [2.75, 3.05) is 57.4 Å². The highest BCUT2D eigenvalue weighted by molar-refractivity contribution is 5.78. The number of fused-ring (bicyclic) bond motifs is 2. The highest BCUT2D eigenvalue weighted by atomic mass is 16.5. The van der Waals surface area contributed by atoms with E-state index in [1.165, 1.54) is 4.63 Å². The number of ether oxygens (including phenoxy) is 1. The molecular weight excluding hydrogens is 360 g/mol. The van der Waals surface area contributed by atoms with E-state index >= 15 is 0 Å². The number of aromatic nitrogens is 5. The SMILES string of the molecule is O=C(CN1CCOCC1)N1CCCC2CN(c3ccc4nnnn4n3)CCC21. The molecule has 150 valence electrons. The highest BCUT2D eigenvalue weighted by Crippen LogP contribution is 2.32. The van der Waals surface area contributed by atoms with Crippen molar-refractivity contribution in [3.8, 4) is 0 Å². The minimum Gasteiger partial charge on any atom is -0.379 e. The molecule has 5 heterocycles. The Kier molecular flexibility index (Phi) is 4.81. The van der Waals surface area contributed by atoms with Gasteiger partial charge in [-0.15, -0.1) is 14.8 Å². The summed E-state index contributed by atoms with van der Waals surface area (Å²) < 4.78 is 6.87. The number of hydrogen-bond acceptors (Lipinski definition) is 8. The van der Waals surface area contributed by atoms with Crippen molar-refractivity contribution in [3.63, 3.8) is 0 Å². The summed E-state index contributed by atoms with van der Waals surface area (Å²) >= 11 is 0. The summed E-state index contributed by atoms with van der Waals surface area (Å²) in [6.45, 7) is 6.39. The molecule has 10 heteroatoms. The lowest BCUT2D eigenvalue weighted by atomic mass is 9.83. The normalized spacial score (nSPS) is 26.4. The molecule has 1 amide bonds. The van der Waals surface area contributed by atoms with E-state index in [0.29, 0.717) is 24.2 Å². The van der Waals surface area contributed by atoms with E-state index in [-0.39, 0.29) is 5.91 Å². The quantitative estimate of drug-likeness (QED) is 0.708. The zero-order valence-electron chi connectivity index (χ0n) is 16.0. The van der Waals surface area contributed by atoms with E-state index in [0.717, 1.165) is 71.0 Å². The summed E-state index contributed by atoms with van der Waals surface area (Å²) in [5.41, 5.74) is 0.649. The lowest BCUT2D eigenvalue weighted by Crippen LogP contribution is -2.57. The third-order valence-corrected chi connectivity index (χ3v) is 6.23. The van der Waals surface area contributed by atoms with Gasteiger partial charge in [-0.05, 0) is 47.7 Å². The number of morpholine rings is 1. The van der Waals surface area contributed by atoms with Gasteiger partial charge in [-0.25, -0.2) is 0 Å². The van der Waals surface area contributed by atoms with Crippen molar-refractivity contribution < 1.29 is 9.53 Å². The third kappa shape index (κ3) is 3.42. The second-order valence-corrected chi connectivity index (χ2v) is 7.90. The number of anilines is 1. The maximum atomic E-state index is 13.0. The zero-order valence-corrected chi connectivity index (χ0v) is 16.0. The van der Waals surface area contributed by atoms with Crippen molar-refractivity contribution in [1.29, 1.82) is 0 Å². The summed E-state index contributed by atoms with van der Waals surface area (Å²) in [5.74, 6) is 1.66. The van der Waals surface area contributed by atoms with Gasteiger partial charge in [0.05, 0.1) is 19.8 Å². The first-order chi connectivity index (χ1) is 13.8. The molecule has 2 aromatic heterocycles. The number of carbonyl (C=O) groups is 1. The van der Waals surface area contributed by atoms with Crippen LogP contribution in [0.4, 0.5) is 5.82 Å². The highest BCUT2D eigenvalue weighted by Gasteiger charge is 2.38. The first-order valence-corrected chi connectivity index (χ1v) is 10.2. The second kappa shape index (κ2) is 7.59. The number of piperidine rings is 2. The fourth-order valence-corrected chi connectivity index (χ4v) is 4.77. The van der Waals surface area contributed by atoms with Crippen LogP contribution in [0.15, 0.2) is 12.1 Å². The fraction of sp³-hybridized carbons (Fsp3) is 0.722. The summed E-state index contributed by atoms with van der Waals surface area (Å²) in [6, 6.07) is 4.22. The summed E-state index contributed by atoms with van der Waals surface area (Å²) in [4.78, 5) is 19.7. The Hall–Kier alpha value is -2.33. The van der Waals surface area contributed by atoms with Gasteiger partial charge in [-0.1, -0.05) is 0 Å². The Morgan fingerprint density at radius 1 is 1.14 bits per heavy atom. The van der Waals surface area contributed by atoms with Gasteiger partial charge in [0.1, 0.15) is 0 Å². The average Bonchev–Trinajstić information content (AvgIpc) is 3.21. The maximum absolute atomic E-state index is 13.0. The van der Waals surface area contributed by atoms with Gasteiger partial charge in [0, 0.05) is 38.8 Å². The van der Waals surface area contributed by atoms with Gasteiger partial charge in [-0.3, -0.25) is 9.69 Å². The van der Waals surface area contributed by atoms with Gasteiger partial charge in [0.15, 0.2) is 11.5 Å². The topological polar surface area (TPSA) is 92.0 Å². The van der Waals surface area contributed by atoms with Gasteiger partial charge in [-0.2, -0.15) is 0 Å². The molecule has 0 radical (unpaired) electrons. The minimum absolute atomic E-state index is 0.276. The first-order valence-electron chi connectivity index (χ1n) is 10.2. The molecule has 28 heavy (non-hydrogen) atoms. The molecule has 3 fully saturated rings. The summed E-state index contributed by atoms with van der Waals surface area (Å²) in [6.07, 6.45) is 3.22. The standard InChI is InChI=1S/C18H26N8O2/c27-18(13-23-8-10-28-11-9-23)25-6-1-2-14-12-24(7-5-15(14)25)17-4-3-16-19-21-22-26(16)20-17/h3-4,14-15H,1-2,5-13H2. The Morgan fingerprint density at radius 2 is 2.04 bits per heavy atom. The van der Waals surface area contributed by atoms with Crippen LogP contribution in [0.25, 0.3) is 5.65 Å². The van der Waals surface area contributed by atoms with Crippen molar-refractivity contribution in [1.82, 2.24) is 35.1 Å². The van der Waals surface area contributed by atoms with Crippen LogP contribution in [0.3, 0.4) is 0 Å². The van der Waals surface area contributed by atoms with Crippen LogP contribution >= 0.6 is 0 Å². The molecule has 2 atom stereocenters. The molecule has 3 saturated heterocycles. The van der Waals surface area contributed by atoms with Gasteiger partial charge in [0.2, 0.25) is 5.91 Å². The first kappa shape index (κ1) is 17.7. The third-order valence-electron chi connectivity index (χ3n) is 6.23. The van der Waals surface area contributed by atoms with Crippen LogP contribution in [0.2, 0.25) is 0 Å². The van der Waals surface area contributed by atoms with Crippen LogP contribution < -0.4 is 4.90 Å². The monoisotopic (exact) mass is 386 g/mol.